The number of nitrogens with zero attached hydrogens (tertiary/aromatic N) is 5. The van der Waals surface area contributed by atoms with E-state index in [9.17, 15) is 14.4 Å². The Labute approximate surface area is 231 Å². The third-order valence-electron chi connectivity index (χ3n) is 6.73. The normalized spacial score (nSPS) is 17.3. The highest BCUT2D eigenvalue weighted by Crippen LogP contribution is 2.29. The zero-order chi connectivity index (χ0) is 28.1. The van der Waals surface area contributed by atoms with E-state index in [0.29, 0.717) is 54.3 Å². The van der Waals surface area contributed by atoms with Crippen molar-refractivity contribution in [3.63, 3.8) is 0 Å². The number of anilines is 1. The second kappa shape index (κ2) is 11.9. The number of halogens is 1. The maximum Gasteiger partial charge on any atom is 0.414 e. The summed E-state index contributed by atoms with van der Waals surface area (Å²) in [5, 5.41) is 9.00. The number of amides is 3. The molecule has 0 aliphatic carbocycles. The fraction of sp³-hybridized carbons (Fsp3) is 0.276. The molecule has 0 saturated carbocycles. The van der Waals surface area contributed by atoms with Crippen LogP contribution in [0.3, 0.4) is 0 Å². The molecule has 1 atom stereocenters. The number of hydrogen-bond acceptors (Lipinski definition) is 7. The van der Waals surface area contributed by atoms with Gasteiger partial charge in [-0.3, -0.25) is 24.5 Å². The van der Waals surface area contributed by atoms with Crippen LogP contribution in [0.1, 0.15) is 23.0 Å². The summed E-state index contributed by atoms with van der Waals surface area (Å²) in [6.45, 7) is 4.19. The van der Waals surface area contributed by atoms with Crippen LogP contribution in [-0.4, -0.2) is 84.4 Å². The van der Waals surface area contributed by atoms with Crippen LogP contribution >= 0.6 is 0 Å². The Balaban J connectivity index is 1.16. The molecule has 0 unspecified atom stereocenters. The van der Waals surface area contributed by atoms with Crippen LogP contribution in [0.15, 0.2) is 72.0 Å². The minimum atomic E-state index is -0.586. The molecule has 1 aromatic heterocycles. The molecule has 0 radical (unpaired) electrons. The lowest BCUT2D eigenvalue weighted by atomic mass is 10.1. The third-order valence-corrected chi connectivity index (χ3v) is 6.73. The first-order valence-corrected chi connectivity index (χ1v) is 13.0. The first kappa shape index (κ1) is 26.8. The molecule has 2 fully saturated rings. The van der Waals surface area contributed by atoms with E-state index < -0.39 is 18.0 Å². The van der Waals surface area contributed by atoms with Crippen LogP contribution in [0.5, 0.6) is 0 Å². The van der Waals surface area contributed by atoms with Crippen molar-refractivity contribution in [2.24, 2.45) is 5.10 Å². The minimum Gasteiger partial charge on any atom is -0.442 e. The van der Waals surface area contributed by atoms with Gasteiger partial charge in [-0.1, -0.05) is 24.3 Å². The number of pyridine rings is 1. The van der Waals surface area contributed by atoms with Gasteiger partial charge >= 0.3 is 6.09 Å². The van der Waals surface area contributed by atoms with E-state index in [2.05, 4.69) is 15.4 Å². The summed E-state index contributed by atoms with van der Waals surface area (Å²) in [5.74, 6) is -0.694. The summed E-state index contributed by atoms with van der Waals surface area (Å²) in [6.07, 6.45) is 2.13. The van der Waals surface area contributed by atoms with E-state index >= 15 is 4.39 Å². The second-order valence-electron chi connectivity index (χ2n) is 9.55. The molecule has 5 rings (SSSR count). The number of piperazine rings is 1. The molecule has 2 aromatic carbocycles. The largest absolute Gasteiger partial charge is 0.442 e. The van der Waals surface area contributed by atoms with Crippen molar-refractivity contribution in [3.05, 3.63) is 83.9 Å². The van der Waals surface area contributed by atoms with Crippen LogP contribution in [0.2, 0.25) is 0 Å². The van der Waals surface area contributed by atoms with Gasteiger partial charge in [-0.15, -0.1) is 0 Å². The van der Waals surface area contributed by atoms with Crippen molar-refractivity contribution >= 4 is 29.8 Å². The number of carbonyl (C=O) groups excluding carboxylic acids is 3. The molecule has 3 heterocycles. The number of aromatic nitrogens is 1. The van der Waals surface area contributed by atoms with Crippen LogP contribution in [0, 0.1) is 5.82 Å². The van der Waals surface area contributed by atoms with Crippen LogP contribution < -0.4 is 10.2 Å². The lowest BCUT2D eigenvalue weighted by molar-refractivity contribution is -0.119. The molecule has 3 aromatic rings. The number of rotatable bonds is 7. The van der Waals surface area contributed by atoms with Gasteiger partial charge in [-0.2, -0.15) is 5.10 Å². The zero-order valence-electron chi connectivity index (χ0n) is 22.0. The first-order chi connectivity index (χ1) is 19.4. The average molecular weight is 545 g/mol. The molecule has 0 spiro atoms. The van der Waals surface area contributed by atoms with Gasteiger partial charge < -0.3 is 15.0 Å². The number of cyclic esters (lactones) is 1. The molecule has 10 nitrogen and oxygen atoms in total. The maximum atomic E-state index is 15.0. The predicted octanol–water partition coefficient (Wildman–Crippen LogP) is 3.14. The Kier molecular flexibility index (Phi) is 7.99. The minimum absolute atomic E-state index is 0.0215. The lowest BCUT2D eigenvalue weighted by Gasteiger charge is -2.33. The van der Waals surface area contributed by atoms with Crippen LogP contribution in [0.25, 0.3) is 11.1 Å². The summed E-state index contributed by atoms with van der Waals surface area (Å²) in [4.78, 5) is 43.5. The van der Waals surface area contributed by atoms with Gasteiger partial charge in [0.1, 0.15) is 11.9 Å². The first-order valence-electron chi connectivity index (χ1n) is 13.0. The van der Waals surface area contributed by atoms with Gasteiger partial charge in [0.15, 0.2) is 0 Å². The molecule has 2 aliphatic heterocycles. The highest BCUT2D eigenvalue weighted by atomic mass is 19.1. The summed E-state index contributed by atoms with van der Waals surface area (Å²) < 4.78 is 20.3. The van der Waals surface area contributed by atoms with Crippen molar-refractivity contribution in [1.29, 1.82) is 0 Å². The summed E-state index contributed by atoms with van der Waals surface area (Å²) >= 11 is 0. The van der Waals surface area contributed by atoms with Gasteiger partial charge in [0.25, 0.3) is 5.91 Å². The number of nitrogens with one attached hydrogen (secondary N) is 1. The third kappa shape index (κ3) is 6.25. The number of benzene rings is 2. The van der Waals surface area contributed by atoms with E-state index in [0.717, 1.165) is 0 Å². The van der Waals surface area contributed by atoms with Crippen molar-refractivity contribution in [3.8, 4) is 11.1 Å². The summed E-state index contributed by atoms with van der Waals surface area (Å²) in [6, 6.07) is 17.3. The van der Waals surface area contributed by atoms with Crippen molar-refractivity contribution in [1.82, 2.24) is 20.2 Å². The van der Waals surface area contributed by atoms with E-state index in [1.807, 2.05) is 40.2 Å². The number of ether oxygens (including phenoxy) is 1. The molecule has 0 bridgehead atoms. The molecule has 11 heteroatoms. The highest BCUT2D eigenvalue weighted by Gasteiger charge is 2.32. The summed E-state index contributed by atoms with van der Waals surface area (Å²) in [7, 11) is 0. The Morgan fingerprint density at radius 1 is 1.10 bits per heavy atom. The Morgan fingerprint density at radius 3 is 2.55 bits per heavy atom. The van der Waals surface area contributed by atoms with Gasteiger partial charge in [0, 0.05) is 42.9 Å². The quantitative estimate of drug-likeness (QED) is 0.458. The Bertz CT molecular complexity index is 1410. The molecule has 1 N–H and O–H groups in total. The molecule has 40 heavy (non-hydrogen) atoms. The SMILES string of the molecule is CC(=O)NC[C@H]1CN(c2ccc(-c3ccc(/C=N/N4CCN(C(=O)c5ccccc5)CC4)nc3)c(F)c2)C(=O)O1. The van der Waals surface area contributed by atoms with E-state index in [1.54, 1.807) is 36.7 Å². The second-order valence-corrected chi connectivity index (χ2v) is 9.55. The van der Waals surface area contributed by atoms with Gasteiger partial charge in [-0.05, 0) is 36.4 Å². The highest BCUT2D eigenvalue weighted by molar-refractivity contribution is 5.94. The van der Waals surface area contributed by atoms with Gasteiger partial charge in [-0.25, -0.2) is 9.18 Å². The molecule has 2 aliphatic rings. The van der Waals surface area contributed by atoms with E-state index in [4.69, 9.17) is 4.74 Å². The average Bonchev–Trinajstić information content (AvgIpc) is 3.36. The van der Waals surface area contributed by atoms with Gasteiger partial charge in [0.2, 0.25) is 5.91 Å². The lowest BCUT2D eigenvalue weighted by Crippen LogP contribution is -2.46. The number of hydrogen-bond donors (Lipinski definition) is 1. The molecule has 3 amide bonds. The molecular formula is C29H29FN6O4. The van der Waals surface area contributed by atoms with E-state index in [-0.39, 0.29) is 24.9 Å². The van der Waals surface area contributed by atoms with Crippen LogP contribution in [0.4, 0.5) is 14.9 Å². The zero-order valence-corrected chi connectivity index (χ0v) is 22.0. The van der Waals surface area contributed by atoms with E-state index in [1.165, 1.54) is 17.9 Å². The molecular weight excluding hydrogens is 515 g/mol. The number of hydrazone groups is 1. The van der Waals surface area contributed by atoms with Crippen molar-refractivity contribution in [2.45, 2.75) is 13.0 Å². The smallest absolute Gasteiger partial charge is 0.414 e. The van der Waals surface area contributed by atoms with Crippen molar-refractivity contribution in [2.75, 3.05) is 44.2 Å². The Morgan fingerprint density at radius 2 is 1.88 bits per heavy atom. The summed E-state index contributed by atoms with van der Waals surface area (Å²) in [5.41, 5.74) is 2.61. The van der Waals surface area contributed by atoms with Gasteiger partial charge in [0.05, 0.1) is 43.8 Å². The topological polar surface area (TPSA) is 107 Å². The molecule has 2 saturated heterocycles. The van der Waals surface area contributed by atoms with Crippen molar-refractivity contribution < 1.29 is 23.5 Å². The maximum absolute atomic E-state index is 15.0. The van der Waals surface area contributed by atoms with Crippen LogP contribution in [-0.2, 0) is 9.53 Å². The standard InChI is InChI=1S/C29H29FN6O4/c1-20(37)31-18-25-19-36(29(39)40-25)24-9-10-26(27(30)15-24)22-7-8-23(32-16-22)17-33-35-13-11-34(12-14-35)28(38)21-5-3-2-4-6-21/h2-10,15-17,25H,11-14,18-19H2,1H3,(H,31,37)/b33-17+/t25-/m0/s1. The predicted molar refractivity (Wildman–Crippen MR) is 147 cm³/mol. The number of carbonyl (C=O) groups is 3. The fourth-order valence-corrected chi connectivity index (χ4v) is 4.56. The Hall–Kier alpha value is -4.80. The monoisotopic (exact) mass is 544 g/mol. The fourth-order valence-electron chi connectivity index (χ4n) is 4.56. The molecule has 206 valence electrons.